The van der Waals surface area contributed by atoms with E-state index in [1.165, 1.54) is 69.9 Å². The van der Waals surface area contributed by atoms with Gasteiger partial charge in [-0.3, -0.25) is 0 Å². The topological polar surface area (TPSA) is 75.6 Å². The monoisotopic (exact) mass is 451 g/mol. The molecule has 0 fully saturated rings. The number of carbonyl (C=O) groups is 2. The first-order valence-corrected chi connectivity index (χ1v) is 12.0. The van der Waals surface area contributed by atoms with E-state index in [-0.39, 0.29) is 0 Å². The van der Waals surface area contributed by atoms with Gasteiger partial charge in [0, 0.05) is 18.3 Å². The number of hydrogen-bond acceptors (Lipinski definition) is 4. The molecule has 0 saturated heterocycles. The number of rotatable bonds is 16. The maximum absolute atomic E-state index is 11.6. The smallest absolute Gasteiger partial charge is 0.344 e. The molecule has 2 rings (SSSR count). The van der Waals surface area contributed by atoms with E-state index in [2.05, 4.69) is 35.6 Å². The number of aryl methyl sites for hydroxylation is 1. The Morgan fingerprint density at radius 2 is 1.48 bits per heavy atom. The fraction of sp³-hybridized carbons (Fsp3) is 0.429. The van der Waals surface area contributed by atoms with Gasteiger partial charge in [-0.1, -0.05) is 81.0 Å². The van der Waals surface area contributed by atoms with Crippen molar-refractivity contribution in [2.75, 3.05) is 11.9 Å². The van der Waals surface area contributed by atoms with Crippen molar-refractivity contribution in [3.05, 3.63) is 71.8 Å². The van der Waals surface area contributed by atoms with Crippen LogP contribution in [0.5, 0.6) is 0 Å². The molecule has 5 heteroatoms. The van der Waals surface area contributed by atoms with Crippen LogP contribution in [0, 0.1) is 0 Å². The molecule has 2 aromatic carbocycles. The predicted molar refractivity (Wildman–Crippen MR) is 134 cm³/mol. The maximum atomic E-state index is 11.6. The van der Waals surface area contributed by atoms with E-state index in [1.807, 2.05) is 24.3 Å². The van der Waals surface area contributed by atoms with Crippen molar-refractivity contribution in [3.63, 3.8) is 0 Å². The van der Waals surface area contributed by atoms with Crippen molar-refractivity contribution in [3.8, 4) is 0 Å². The molecule has 0 bridgehead atoms. The molecule has 0 amide bonds. The van der Waals surface area contributed by atoms with E-state index in [0.29, 0.717) is 0 Å². The first-order valence-electron chi connectivity index (χ1n) is 12.0. The van der Waals surface area contributed by atoms with Crippen LogP contribution in [0.1, 0.15) is 69.4 Å². The zero-order valence-corrected chi connectivity index (χ0v) is 19.7. The Morgan fingerprint density at radius 3 is 2.12 bits per heavy atom. The van der Waals surface area contributed by atoms with E-state index in [4.69, 9.17) is 9.84 Å². The van der Waals surface area contributed by atoms with Gasteiger partial charge in [-0.15, -0.1) is 0 Å². The Bertz CT molecular complexity index is 846. The summed E-state index contributed by atoms with van der Waals surface area (Å²) in [5.41, 5.74) is 3.35. The Balaban J connectivity index is 1.47. The molecule has 0 aliphatic carbocycles. The lowest BCUT2D eigenvalue weighted by Gasteiger charge is -2.07. The van der Waals surface area contributed by atoms with Crippen LogP contribution in [0.15, 0.2) is 60.7 Å². The average molecular weight is 452 g/mol. The van der Waals surface area contributed by atoms with Crippen molar-refractivity contribution in [2.24, 2.45) is 0 Å². The quantitative estimate of drug-likeness (QED) is 0.173. The third-order valence-electron chi connectivity index (χ3n) is 5.53. The van der Waals surface area contributed by atoms with Crippen LogP contribution in [-0.2, 0) is 20.7 Å². The summed E-state index contributed by atoms with van der Waals surface area (Å²) in [6, 6.07) is 18.5. The number of carboxylic acids is 1. The molecule has 5 nitrogen and oxygen atoms in total. The number of esters is 1. The van der Waals surface area contributed by atoms with E-state index >= 15 is 0 Å². The molecule has 178 valence electrons. The Hall–Kier alpha value is -3.08. The molecule has 0 aliphatic heterocycles. The fourth-order valence-corrected chi connectivity index (χ4v) is 3.53. The van der Waals surface area contributed by atoms with Crippen LogP contribution < -0.4 is 5.32 Å². The number of benzene rings is 2. The molecule has 1 unspecified atom stereocenters. The first kappa shape index (κ1) is 26.2. The van der Waals surface area contributed by atoms with E-state index in [0.717, 1.165) is 24.2 Å². The second-order valence-corrected chi connectivity index (χ2v) is 8.36. The van der Waals surface area contributed by atoms with E-state index < -0.39 is 18.0 Å². The standard InChI is InChI=1S/C28H37NO4/c1-23(28(31)32)33-27(30)21-18-25-16-19-26(20-17-25)29-22-12-7-5-3-2-4-6-9-13-24-14-10-8-11-15-24/h8,10-11,14-21,23,29H,2-7,9,12-13,22H2,1H3,(H,31,32). The molecule has 0 radical (unpaired) electrons. The first-order chi connectivity index (χ1) is 16.0. The van der Waals surface area contributed by atoms with Crippen LogP contribution >= 0.6 is 0 Å². The summed E-state index contributed by atoms with van der Waals surface area (Å²) in [4.78, 5) is 22.3. The van der Waals surface area contributed by atoms with Crippen molar-refractivity contribution in [1.82, 2.24) is 0 Å². The third kappa shape index (κ3) is 11.9. The van der Waals surface area contributed by atoms with Crippen LogP contribution in [0.3, 0.4) is 0 Å². The van der Waals surface area contributed by atoms with Gasteiger partial charge in [0.15, 0.2) is 6.10 Å². The maximum Gasteiger partial charge on any atom is 0.344 e. The molecule has 2 aromatic rings. The summed E-state index contributed by atoms with van der Waals surface area (Å²) in [5.74, 6) is -1.83. The number of anilines is 1. The fourth-order valence-electron chi connectivity index (χ4n) is 3.53. The third-order valence-corrected chi connectivity index (χ3v) is 5.53. The number of hydrogen-bond donors (Lipinski definition) is 2. The van der Waals surface area contributed by atoms with Gasteiger partial charge in [0.25, 0.3) is 0 Å². The second kappa shape index (κ2) is 15.7. The molecular weight excluding hydrogens is 414 g/mol. The number of aliphatic carboxylic acids is 1. The molecule has 2 N–H and O–H groups in total. The molecule has 0 aromatic heterocycles. The van der Waals surface area contributed by atoms with E-state index in [1.54, 1.807) is 6.08 Å². The minimum atomic E-state index is -1.17. The molecular formula is C28H37NO4. The number of unbranched alkanes of at least 4 members (excludes halogenated alkanes) is 7. The van der Waals surface area contributed by atoms with Crippen molar-refractivity contribution < 1.29 is 19.4 Å². The van der Waals surface area contributed by atoms with Crippen LogP contribution in [0.4, 0.5) is 5.69 Å². The Kier molecular flexibility index (Phi) is 12.4. The minimum absolute atomic E-state index is 0.667. The lowest BCUT2D eigenvalue weighted by molar-refractivity contribution is -0.159. The Labute approximate surface area is 197 Å². The molecule has 33 heavy (non-hydrogen) atoms. The van der Waals surface area contributed by atoms with Gasteiger partial charge in [-0.05, 0) is 55.5 Å². The summed E-state index contributed by atoms with van der Waals surface area (Å²) in [7, 11) is 0. The lowest BCUT2D eigenvalue weighted by atomic mass is 10.0. The van der Waals surface area contributed by atoms with Gasteiger partial charge in [-0.2, -0.15) is 0 Å². The van der Waals surface area contributed by atoms with Gasteiger partial charge >= 0.3 is 11.9 Å². The van der Waals surface area contributed by atoms with Gasteiger partial charge in [0.1, 0.15) is 0 Å². The summed E-state index contributed by atoms with van der Waals surface area (Å²) in [6.45, 7) is 2.27. The number of carbonyl (C=O) groups excluding carboxylic acids is 1. The average Bonchev–Trinajstić information content (AvgIpc) is 2.82. The highest BCUT2D eigenvalue weighted by molar-refractivity contribution is 5.89. The molecule has 0 saturated carbocycles. The number of nitrogens with one attached hydrogen (secondary N) is 1. The zero-order valence-electron chi connectivity index (χ0n) is 19.7. The predicted octanol–water partition coefficient (Wildman–Crippen LogP) is 6.49. The minimum Gasteiger partial charge on any atom is -0.479 e. The molecule has 1 atom stereocenters. The zero-order chi connectivity index (χ0) is 23.7. The summed E-state index contributed by atoms with van der Waals surface area (Å²) < 4.78 is 4.75. The largest absolute Gasteiger partial charge is 0.479 e. The van der Waals surface area contributed by atoms with Gasteiger partial charge < -0.3 is 15.2 Å². The van der Waals surface area contributed by atoms with E-state index in [9.17, 15) is 9.59 Å². The lowest BCUT2D eigenvalue weighted by Crippen LogP contribution is -2.22. The van der Waals surface area contributed by atoms with Gasteiger partial charge in [-0.25, -0.2) is 9.59 Å². The number of ether oxygens (including phenoxy) is 1. The molecule has 0 spiro atoms. The van der Waals surface area contributed by atoms with Crippen LogP contribution in [-0.4, -0.2) is 29.7 Å². The highest BCUT2D eigenvalue weighted by Gasteiger charge is 2.14. The highest BCUT2D eigenvalue weighted by atomic mass is 16.6. The SMILES string of the molecule is CC(OC(=O)C=Cc1ccc(NCCCCCCCCCCc2ccccc2)cc1)C(=O)O. The summed E-state index contributed by atoms with van der Waals surface area (Å²) >= 11 is 0. The Morgan fingerprint density at radius 1 is 0.879 bits per heavy atom. The van der Waals surface area contributed by atoms with Crippen molar-refractivity contribution >= 4 is 23.7 Å². The van der Waals surface area contributed by atoms with Crippen molar-refractivity contribution in [2.45, 2.75) is 70.8 Å². The molecule has 0 heterocycles. The van der Waals surface area contributed by atoms with Gasteiger partial charge in [0.2, 0.25) is 0 Å². The molecule has 0 aliphatic rings. The normalized spacial score (nSPS) is 11.9. The van der Waals surface area contributed by atoms with Gasteiger partial charge in [0.05, 0.1) is 0 Å². The highest BCUT2D eigenvalue weighted by Crippen LogP contribution is 2.13. The van der Waals surface area contributed by atoms with Crippen molar-refractivity contribution in [1.29, 1.82) is 0 Å². The summed E-state index contributed by atoms with van der Waals surface area (Å²) in [6.07, 6.45) is 13.2. The second-order valence-electron chi connectivity index (χ2n) is 8.36. The summed E-state index contributed by atoms with van der Waals surface area (Å²) in [5, 5.41) is 12.2. The number of carboxylic acid groups (broad SMARTS) is 1. The van der Waals surface area contributed by atoms with Crippen LogP contribution in [0.25, 0.3) is 6.08 Å². The van der Waals surface area contributed by atoms with Crippen LogP contribution in [0.2, 0.25) is 0 Å².